The Kier molecular flexibility index (Phi) is 4.12. The predicted molar refractivity (Wildman–Crippen MR) is 80.1 cm³/mol. The molecule has 0 radical (unpaired) electrons. The molecule has 0 spiro atoms. The van der Waals surface area contributed by atoms with Crippen molar-refractivity contribution in [3.63, 3.8) is 0 Å². The molecule has 17 heavy (non-hydrogen) atoms. The zero-order valence-electron chi connectivity index (χ0n) is 10.1. The second-order valence-electron chi connectivity index (χ2n) is 4.05. The molecule has 1 unspecified atom stereocenters. The van der Waals surface area contributed by atoms with E-state index in [-0.39, 0.29) is 0 Å². The minimum absolute atomic E-state index is 0.431. The number of nitrogen functional groups attached to an aromatic ring is 1. The van der Waals surface area contributed by atoms with E-state index < -0.39 is 0 Å². The molecule has 0 fully saturated rings. The molecule has 1 heterocycles. The van der Waals surface area contributed by atoms with Gasteiger partial charge in [-0.25, -0.2) is 4.98 Å². The van der Waals surface area contributed by atoms with Gasteiger partial charge in [0.25, 0.3) is 0 Å². The van der Waals surface area contributed by atoms with Crippen molar-refractivity contribution < 1.29 is 0 Å². The molecule has 0 amide bonds. The Morgan fingerprint density at radius 2 is 2.35 bits per heavy atom. The van der Waals surface area contributed by atoms with Crippen LogP contribution in [0.3, 0.4) is 0 Å². The van der Waals surface area contributed by atoms with Gasteiger partial charge in [0.1, 0.15) is 5.52 Å². The zero-order chi connectivity index (χ0) is 12.3. The van der Waals surface area contributed by atoms with E-state index in [1.165, 1.54) is 0 Å². The summed E-state index contributed by atoms with van der Waals surface area (Å²) < 4.78 is 1.14. The molecular formula is C12H17N3S2. The summed E-state index contributed by atoms with van der Waals surface area (Å²) >= 11 is 3.49. The Morgan fingerprint density at radius 1 is 1.53 bits per heavy atom. The minimum Gasteiger partial charge on any atom is -0.395 e. The van der Waals surface area contributed by atoms with Crippen molar-refractivity contribution >= 4 is 44.7 Å². The largest absolute Gasteiger partial charge is 0.395 e. The van der Waals surface area contributed by atoms with Crippen LogP contribution in [0.5, 0.6) is 0 Å². The molecule has 0 aliphatic heterocycles. The van der Waals surface area contributed by atoms with E-state index in [1.54, 1.807) is 11.3 Å². The Labute approximate surface area is 110 Å². The maximum absolute atomic E-state index is 6.12. The summed E-state index contributed by atoms with van der Waals surface area (Å²) in [4.78, 5) is 4.30. The molecule has 0 saturated heterocycles. The molecule has 2 rings (SSSR count). The summed E-state index contributed by atoms with van der Waals surface area (Å²) in [6.45, 7) is 2.18. The fourth-order valence-corrected chi connectivity index (χ4v) is 2.99. The van der Waals surface area contributed by atoms with Gasteiger partial charge < -0.3 is 11.1 Å². The Balaban J connectivity index is 2.15. The minimum atomic E-state index is 0.431. The number of thiazole rings is 1. The Hall–Kier alpha value is -0.940. The Morgan fingerprint density at radius 3 is 3.12 bits per heavy atom. The lowest BCUT2D eigenvalue weighted by atomic mass is 10.2. The van der Waals surface area contributed by atoms with Crippen molar-refractivity contribution in [3.05, 3.63) is 17.6 Å². The first-order valence-electron chi connectivity index (χ1n) is 5.59. The monoisotopic (exact) mass is 267 g/mol. The van der Waals surface area contributed by atoms with Gasteiger partial charge in [-0.2, -0.15) is 11.8 Å². The number of hydrogen-bond acceptors (Lipinski definition) is 5. The molecule has 1 aromatic carbocycles. The third-order valence-electron chi connectivity index (χ3n) is 2.70. The first-order chi connectivity index (χ1) is 8.22. The zero-order valence-corrected chi connectivity index (χ0v) is 11.7. The molecule has 3 nitrogen and oxygen atoms in total. The van der Waals surface area contributed by atoms with Crippen LogP contribution in [0.2, 0.25) is 0 Å². The summed E-state index contributed by atoms with van der Waals surface area (Å²) in [5, 5.41) is 3.45. The number of thioether (sulfide) groups is 1. The van der Waals surface area contributed by atoms with Crippen LogP contribution in [0.25, 0.3) is 10.2 Å². The average molecular weight is 267 g/mol. The number of nitrogens with zero attached hydrogens (tertiary/aromatic N) is 1. The molecular weight excluding hydrogens is 250 g/mol. The van der Waals surface area contributed by atoms with Gasteiger partial charge in [-0.15, -0.1) is 11.3 Å². The number of hydrogen-bond donors (Lipinski definition) is 2. The highest BCUT2D eigenvalue weighted by Crippen LogP contribution is 2.30. The van der Waals surface area contributed by atoms with Gasteiger partial charge >= 0.3 is 0 Å². The van der Waals surface area contributed by atoms with E-state index in [1.807, 2.05) is 23.3 Å². The number of fused-ring (bicyclic) bond motifs is 1. The molecule has 3 N–H and O–H groups in total. The third kappa shape index (κ3) is 2.84. The smallest absolute Gasteiger partial charge is 0.106 e. The van der Waals surface area contributed by atoms with Crippen LogP contribution in [0.4, 0.5) is 11.4 Å². The number of aromatic nitrogens is 1. The summed E-state index contributed by atoms with van der Waals surface area (Å²) in [6.07, 6.45) is 3.26. The van der Waals surface area contributed by atoms with Gasteiger partial charge in [-0.1, -0.05) is 0 Å². The average Bonchev–Trinajstić information content (AvgIpc) is 2.79. The molecule has 1 aromatic heterocycles. The number of anilines is 2. The maximum atomic E-state index is 6.12. The van der Waals surface area contributed by atoms with E-state index >= 15 is 0 Å². The van der Waals surface area contributed by atoms with Gasteiger partial charge in [0, 0.05) is 6.04 Å². The molecule has 0 aliphatic rings. The fourth-order valence-electron chi connectivity index (χ4n) is 1.71. The highest BCUT2D eigenvalue weighted by Gasteiger charge is 2.09. The summed E-state index contributed by atoms with van der Waals surface area (Å²) in [5.41, 5.74) is 10.6. The lowest BCUT2D eigenvalue weighted by molar-refractivity contribution is 0.773. The number of nitrogens with two attached hydrogens (primary N) is 1. The summed E-state index contributed by atoms with van der Waals surface area (Å²) in [7, 11) is 0. The quantitative estimate of drug-likeness (QED) is 0.815. The summed E-state index contributed by atoms with van der Waals surface area (Å²) in [6, 6.07) is 4.55. The first kappa shape index (κ1) is 12.5. The maximum Gasteiger partial charge on any atom is 0.106 e. The van der Waals surface area contributed by atoms with Gasteiger partial charge in [-0.3, -0.25) is 0 Å². The van der Waals surface area contributed by atoms with Gasteiger partial charge in [0.2, 0.25) is 0 Å². The van der Waals surface area contributed by atoms with Crippen LogP contribution in [0, 0.1) is 0 Å². The number of nitrogens with one attached hydrogen (secondary N) is 1. The van der Waals surface area contributed by atoms with Gasteiger partial charge in [-0.05, 0) is 37.5 Å². The number of benzene rings is 1. The second-order valence-corrected chi connectivity index (χ2v) is 5.92. The molecule has 2 aromatic rings. The Bertz CT molecular complexity index is 495. The van der Waals surface area contributed by atoms with Crippen LogP contribution in [-0.2, 0) is 0 Å². The van der Waals surface area contributed by atoms with Crippen LogP contribution in [-0.4, -0.2) is 23.0 Å². The van der Waals surface area contributed by atoms with Crippen molar-refractivity contribution in [1.82, 2.24) is 4.98 Å². The lowest BCUT2D eigenvalue weighted by Crippen LogP contribution is -2.16. The van der Waals surface area contributed by atoms with E-state index in [9.17, 15) is 0 Å². The van der Waals surface area contributed by atoms with Crippen LogP contribution in [0.15, 0.2) is 17.6 Å². The van der Waals surface area contributed by atoms with Gasteiger partial charge in [0.05, 0.1) is 21.6 Å². The highest BCUT2D eigenvalue weighted by molar-refractivity contribution is 7.98. The van der Waals surface area contributed by atoms with Crippen LogP contribution in [0.1, 0.15) is 13.3 Å². The van der Waals surface area contributed by atoms with Gasteiger partial charge in [0.15, 0.2) is 0 Å². The van der Waals surface area contributed by atoms with Crippen molar-refractivity contribution in [2.24, 2.45) is 0 Å². The second kappa shape index (κ2) is 5.60. The summed E-state index contributed by atoms with van der Waals surface area (Å²) in [5.74, 6) is 1.16. The number of rotatable bonds is 5. The van der Waals surface area contributed by atoms with Crippen molar-refractivity contribution in [3.8, 4) is 0 Å². The molecule has 0 bridgehead atoms. The topological polar surface area (TPSA) is 50.9 Å². The van der Waals surface area contributed by atoms with Crippen LogP contribution >= 0.6 is 23.1 Å². The standard InChI is InChI=1S/C12H17N3S2/c1-8(5-6-16-2)15-9-3-4-10-12(11(9)13)14-7-17-10/h3-4,7-8,15H,5-6,13H2,1-2H3. The fraction of sp³-hybridized carbons (Fsp3) is 0.417. The predicted octanol–water partition coefficient (Wildman–Crippen LogP) is 3.43. The van der Waals surface area contributed by atoms with Crippen molar-refractivity contribution in [2.75, 3.05) is 23.1 Å². The molecule has 92 valence electrons. The molecule has 0 aliphatic carbocycles. The van der Waals surface area contributed by atoms with E-state index in [0.717, 1.165) is 33.8 Å². The molecule has 5 heteroatoms. The first-order valence-corrected chi connectivity index (χ1v) is 7.87. The normalized spacial score (nSPS) is 12.8. The van der Waals surface area contributed by atoms with E-state index in [2.05, 4.69) is 29.5 Å². The van der Waals surface area contributed by atoms with E-state index in [4.69, 9.17) is 5.73 Å². The SMILES string of the molecule is CSCCC(C)Nc1ccc2scnc2c1N. The third-order valence-corrected chi connectivity index (χ3v) is 4.14. The van der Waals surface area contributed by atoms with E-state index in [0.29, 0.717) is 6.04 Å². The van der Waals surface area contributed by atoms with Crippen LogP contribution < -0.4 is 11.1 Å². The molecule has 1 atom stereocenters. The lowest BCUT2D eigenvalue weighted by Gasteiger charge is -2.16. The highest BCUT2D eigenvalue weighted by atomic mass is 32.2. The van der Waals surface area contributed by atoms with Crippen molar-refractivity contribution in [2.45, 2.75) is 19.4 Å². The molecule has 0 saturated carbocycles. The van der Waals surface area contributed by atoms with Crippen molar-refractivity contribution in [1.29, 1.82) is 0 Å².